The molecule has 1 fully saturated rings. The molecule has 1 aromatic rings. The Morgan fingerprint density at radius 1 is 1.17 bits per heavy atom. The minimum Gasteiger partial charge on any atom is -0.368 e. The Hall–Kier alpha value is -1.31. The van der Waals surface area contributed by atoms with Gasteiger partial charge < -0.3 is 4.90 Å². The van der Waals surface area contributed by atoms with Gasteiger partial charge >= 0.3 is 0 Å². The van der Waals surface area contributed by atoms with Gasteiger partial charge in [-0.3, -0.25) is 4.79 Å². The largest absolute Gasteiger partial charge is 0.368 e. The predicted octanol–water partition coefficient (Wildman–Crippen LogP) is 3.26. The number of Topliss-reactive ketones (excluding diaryl/α,β-unsaturated/α-hetero) is 1. The molecule has 0 saturated heterocycles. The van der Waals surface area contributed by atoms with Gasteiger partial charge in [-0.25, -0.2) is 0 Å². The molecule has 2 aliphatic rings. The van der Waals surface area contributed by atoms with Crippen LogP contribution in [0.1, 0.15) is 43.2 Å². The fourth-order valence-electron chi connectivity index (χ4n) is 3.37. The molecule has 1 aliphatic heterocycles. The van der Waals surface area contributed by atoms with E-state index in [1.54, 1.807) is 0 Å². The van der Waals surface area contributed by atoms with Crippen molar-refractivity contribution >= 4 is 11.5 Å². The molecule has 2 heteroatoms. The second-order valence-electron chi connectivity index (χ2n) is 5.70. The van der Waals surface area contributed by atoms with Crippen molar-refractivity contribution in [1.29, 1.82) is 0 Å². The average Bonchev–Trinajstić information content (AvgIpc) is 2.38. The number of anilines is 1. The van der Waals surface area contributed by atoms with Gasteiger partial charge in [-0.2, -0.15) is 0 Å². The van der Waals surface area contributed by atoms with Crippen molar-refractivity contribution in [2.45, 2.75) is 51.5 Å². The third-order valence-corrected chi connectivity index (χ3v) is 4.34. The molecule has 2 nitrogen and oxygen atoms in total. The van der Waals surface area contributed by atoms with E-state index in [0.29, 0.717) is 11.8 Å². The summed E-state index contributed by atoms with van der Waals surface area (Å²) in [6.07, 6.45) is 6.11. The number of carbonyl (C=O) groups is 1. The summed E-state index contributed by atoms with van der Waals surface area (Å²) in [5.41, 5.74) is 4.28. The van der Waals surface area contributed by atoms with E-state index >= 15 is 0 Å². The Kier molecular flexibility index (Phi) is 3.11. The zero-order chi connectivity index (χ0) is 12.5. The standard InChI is InChI=1S/C16H21NO/c1-12-4-9-16-13(11-12)3-2-10-17(16)14-5-7-15(18)8-6-14/h4,9,11,14H,2-3,5-8,10H2,1H3. The first-order chi connectivity index (χ1) is 8.74. The van der Waals surface area contributed by atoms with E-state index < -0.39 is 0 Å². The molecule has 0 spiro atoms. The molecule has 3 rings (SSSR count). The van der Waals surface area contributed by atoms with Crippen molar-refractivity contribution < 1.29 is 4.79 Å². The van der Waals surface area contributed by atoms with E-state index in [9.17, 15) is 4.79 Å². The van der Waals surface area contributed by atoms with Gasteiger partial charge in [-0.1, -0.05) is 17.7 Å². The van der Waals surface area contributed by atoms with Crippen LogP contribution in [-0.2, 0) is 11.2 Å². The van der Waals surface area contributed by atoms with Crippen molar-refractivity contribution in [3.63, 3.8) is 0 Å². The van der Waals surface area contributed by atoms with Gasteiger partial charge in [0, 0.05) is 31.1 Å². The molecule has 1 aromatic carbocycles. The van der Waals surface area contributed by atoms with Crippen LogP contribution in [0, 0.1) is 6.92 Å². The lowest BCUT2D eigenvalue weighted by molar-refractivity contribution is -0.120. The summed E-state index contributed by atoms with van der Waals surface area (Å²) >= 11 is 0. The maximum Gasteiger partial charge on any atom is 0.133 e. The summed E-state index contributed by atoms with van der Waals surface area (Å²) in [7, 11) is 0. The highest BCUT2D eigenvalue weighted by atomic mass is 16.1. The average molecular weight is 243 g/mol. The van der Waals surface area contributed by atoms with Crippen LogP contribution in [0.15, 0.2) is 18.2 Å². The molecule has 0 N–H and O–H groups in total. The minimum absolute atomic E-state index is 0.451. The van der Waals surface area contributed by atoms with Crippen LogP contribution in [0.5, 0.6) is 0 Å². The number of ketones is 1. The summed E-state index contributed by atoms with van der Waals surface area (Å²) in [4.78, 5) is 13.9. The summed E-state index contributed by atoms with van der Waals surface area (Å²) in [5, 5.41) is 0. The number of benzene rings is 1. The third kappa shape index (κ3) is 2.16. The number of hydrogen-bond acceptors (Lipinski definition) is 2. The van der Waals surface area contributed by atoms with Gasteiger partial charge in [-0.05, 0) is 44.2 Å². The smallest absolute Gasteiger partial charge is 0.133 e. The maximum absolute atomic E-state index is 11.4. The molecule has 18 heavy (non-hydrogen) atoms. The van der Waals surface area contributed by atoms with Crippen LogP contribution >= 0.6 is 0 Å². The normalized spacial score (nSPS) is 20.9. The Labute approximate surface area is 109 Å². The van der Waals surface area contributed by atoms with Crippen molar-refractivity contribution in [2.75, 3.05) is 11.4 Å². The highest BCUT2D eigenvalue weighted by Crippen LogP contribution is 2.33. The number of carbonyl (C=O) groups excluding carboxylic acids is 1. The molecule has 96 valence electrons. The fraction of sp³-hybridized carbons (Fsp3) is 0.562. The van der Waals surface area contributed by atoms with E-state index in [0.717, 1.165) is 32.2 Å². The number of rotatable bonds is 1. The van der Waals surface area contributed by atoms with E-state index in [2.05, 4.69) is 30.0 Å². The second kappa shape index (κ2) is 4.75. The minimum atomic E-state index is 0.451. The fourth-order valence-corrected chi connectivity index (χ4v) is 3.37. The van der Waals surface area contributed by atoms with Crippen LogP contribution < -0.4 is 4.90 Å². The molecule has 1 aliphatic carbocycles. The molecule has 0 bridgehead atoms. The number of aryl methyl sites for hydroxylation is 2. The van der Waals surface area contributed by atoms with Crippen molar-refractivity contribution in [3.05, 3.63) is 29.3 Å². The molecular formula is C16H21NO. The van der Waals surface area contributed by atoms with Crippen LogP contribution in [-0.4, -0.2) is 18.4 Å². The van der Waals surface area contributed by atoms with Crippen molar-refractivity contribution in [1.82, 2.24) is 0 Å². The van der Waals surface area contributed by atoms with Gasteiger partial charge in [0.1, 0.15) is 5.78 Å². The van der Waals surface area contributed by atoms with E-state index in [1.165, 1.54) is 29.7 Å². The summed E-state index contributed by atoms with van der Waals surface area (Å²) < 4.78 is 0. The summed E-state index contributed by atoms with van der Waals surface area (Å²) in [5.74, 6) is 0.451. The monoisotopic (exact) mass is 243 g/mol. The van der Waals surface area contributed by atoms with Crippen molar-refractivity contribution in [2.24, 2.45) is 0 Å². The Morgan fingerprint density at radius 2 is 1.94 bits per heavy atom. The molecule has 0 radical (unpaired) electrons. The van der Waals surface area contributed by atoms with Crippen LogP contribution in [0.2, 0.25) is 0 Å². The molecule has 1 heterocycles. The lowest BCUT2D eigenvalue weighted by Crippen LogP contribution is -2.41. The lowest BCUT2D eigenvalue weighted by atomic mass is 9.90. The number of nitrogens with zero attached hydrogens (tertiary/aromatic N) is 1. The Balaban J connectivity index is 1.85. The molecule has 0 unspecified atom stereocenters. The SMILES string of the molecule is Cc1ccc2c(c1)CCCN2C1CCC(=O)CC1. The molecule has 0 amide bonds. The topological polar surface area (TPSA) is 20.3 Å². The molecule has 1 saturated carbocycles. The van der Waals surface area contributed by atoms with Crippen molar-refractivity contribution in [3.8, 4) is 0 Å². The van der Waals surface area contributed by atoms with Gasteiger partial charge in [-0.15, -0.1) is 0 Å². The van der Waals surface area contributed by atoms with Gasteiger partial charge in [0.15, 0.2) is 0 Å². The lowest BCUT2D eigenvalue weighted by Gasteiger charge is -2.39. The summed E-state index contributed by atoms with van der Waals surface area (Å²) in [6, 6.07) is 7.41. The zero-order valence-electron chi connectivity index (χ0n) is 11.1. The number of hydrogen-bond donors (Lipinski definition) is 0. The second-order valence-corrected chi connectivity index (χ2v) is 5.70. The third-order valence-electron chi connectivity index (χ3n) is 4.34. The Bertz CT molecular complexity index is 456. The first-order valence-electron chi connectivity index (χ1n) is 7.12. The van der Waals surface area contributed by atoms with Crippen LogP contribution in [0.3, 0.4) is 0 Å². The molecular weight excluding hydrogens is 222 g/mol. The van der Waals surface area contributed by atoms with E-state index in [4.69, 9.17) is 0 Å². The zero-order valence-corrected chi connectivity index (χ0v) is 11.1. The highest BCUT2D eigenvalue weighted by Gasteiger charge is 2.27. The van der Waals surface area contributed by atoms with Crippen LogP contribution in [0.4, 0.5) is 5.69 Å². The Morgan fingerprint density at radius 3 is 2.72 bits per heavy atom. The quantitative estimate of drug-likeness (QED) is 0.754. The van der Waals surface area contributed by atoms with Crippen LogP contribution in [0.25, 0.3) is 0 Å². The van der Waals surface area contributed by atoms with E-state index in [1.807, 2.05) is 0 Å². The number of fused-ring (bicyclic) bond motifs is 1. The van der Waals surface area contributed by atoms with E-state index in [-0.39, 0.29) is 0 Å². The molecule has 0 aromatic heterocycles. The first-order valence-corrected chi connectivity index (χ1v) is 7.12. The molecule has 0 atom stereocenters. The van der Waals surface area contributed by atoms with Gasteiger partial charge in [0.05, 0.1) is 0 Å². The maximum atomic E-state index is 11.4. The first kappa shape index (κ1) is 11.8. The van der Waals surface area contributed by atoms with Gasteiger partial charge in [0.25, 0.3) is 0 Å². The predicted molar refractivity (Wildman–Crippen MR) is 74.1 cm³/mol. The van der Waals surface area contributed by atoms with Gasteiger partial charge in [0.2, 0.25) is 0 Å². The summed E-state index contributed by atoms with van der Waals surface area (Å²) in [6.45, 7) is 3.33. The highest BCUT2D eigenvalue weighted by molar-refractivity contribution is 5.79.